The number of carbonyl (C=O) groups is 4. The van der Waals surface area contributed by atoms with E-state index in [9.17, 15) is 27.6 Å². The largest absolute Gasteiger partial charge is 0.487 e. The molecule has 6 N–H and O–H groups in total. The molecule has 0 radical (unpaired) electrons. The first-order chi connectivity index (χ1) is 31.4. The molecule has 66 heavy (non-hydrogen) atoms. The van der Waals surface area contributed by atoms with E-state index in [0.717, 1.165) is 33.4 Å². The van der Waals surface area contributed by atoms with Crippen LogP contribution in [0.4, 0.5) is 4.79 Å². The number of carbonyl (C=O) groups excluding carboxylic acids is 4. The summed E-state index contributed by atoms with van der Waals surface area (Å²) in [6, 6.07) is 21.2. The van der Waals surface area contributed by atoms with E-state index in [1.54, 1.807) is 64.2 Å². The Bertz CT molecular complexity index is 2590. The van der Waals surface area contributed by atoms with Gasteiger partial charge in [0, 0.05) is 38.0 Å². The van der Waals surface area contributed by atoms with Crippen LogP contribution in [0.25, 0.3) is 11.1 Å². The number of alkyl carbamates (subject to hydrolysis) is 1. The maximum absolute atomic E-state index is 14.1. The number of amides is 4. The summed E-state index contributed by atoms with van der Waals surface area (Å²) in [6.45, 7) is 14.9. The van der Waals surface area contributed by atoms with Crippen molar-refractivity contribution in [1.82, 2.24) is 25.6 Å². The second-order valence-corrected chi connectivity index (χ2v) is 19.0. The van der Waals surface area contributed by atoms with Crippen LogP contribution in [0.3, 0.4) is 0 Å². The number of sulfonamides is 1. The molecule has 0 aromatic heterocycles. The molecule has 4 aromatic carbocycles. The summed E-state index contributed by atoms with van der Waals surface area (Å²) < 4.78 is 41.9. The first-order valence-electron chi connectivity index (χ1n) is 22.1. The standard InChI is InChI=1S/C50H61N7O8S/c1-9-27-57(8)47(60)42(33-19-12-11-13-20-33)55-45(58)40(10-2)53-46(59)41(54-49(61)64-29-39-36-23-16-14-21-34(36)35-22-15-17-24-37(35)39)25-18-26-52-48(51)56-66(62,63)44-31(4)30(3)43-38(32(44)5)28-50(6,7)65-43/h9,11-17,19-24,39-42H,1,10,18,25-29H2,2-8H3,(H,53,59)(H,54,61)(H,55,58)(H3,51,52,56)/t40-,41-,42+/m0/s1. The highest BCUT2D eigenvalue weighted by atomic mass is 32.2. The van der Waals surface area contributed by atoms with E-state index >= 15 is 0 Å². The third kappa shape index (κ3) is 10.9. The minimum Gasteiger partial charge on any atom is -0.487 e. The molecular formula is C50H61N7O8S. The normalized spacial score (nSPS) is 15.2. The van der Waals surface area contributed by atoms with Crippen molar-refractivity contribution in [2.75, 3.05) is 26.7 Å². The van der Waals surface area contributed by atoms with Crippen LogP contribution in [0.2, 0.25) is 0 Å². The van der Waals surface area contributed by atoms with Gasteiger partial charge in [-0.1, -0.05) is 91.9 Å². The van der Waals surface area contributed by atoms with Gasteiger partial charge in [0.25, 0.3) is 10.0 Å². The maximum Gasteiger partial charge on any atom is 0.407 e. The van der Waals surface area contributed by atoms with Gasteiger partial charge in [-0.2, -0.15) is 0 Å². The number of nitrogens with one attached hydrogen (secondary N) is 4. The number of nitrogens with two attached hydrogens (primary N) is 1. The molecule has 4 aromatic rings. The molecule has 0 bridgehead atoms. The molecule has 0 fully saturated rings. The van der Waals surface area contributed by atoms with E-state index in [1.807, 2.05) is 69.3 Å². The number of guanidine groups is 1. The predicted octanol–water partition coefficient (Wildman–Crippen LogP) is 6.00. The summed E-state index contributed by atoms with van der Waals surface area (Å²) in [6.07, 6.45) is 1.60. The highest BCUT2D eigenvalue weighted by Gasteiger charge is 2.37. The number of nitrogens with zero attached hydrogens (tertiary/aromatic N) is 2. The molecule has 1 aliphatic heterocycles. The average Bonchev–Trinajstić information content (AvgIpc) is 3.80. The van der Waals surface area contributed by atoms with Crippen molar-refractivity contribution in [2.24, 2.45) is 10.7 Å². The zero-order valence-electron chi connectivity index (χ0n) is 38.7. The van der Waals surface area contributed by atoms with Crippen LogP contribution >= 0.6 is 0 Å². The van der Waals surface area contributed by atoms with Crippen molar-refractivity contribution in [3.05, 3.63) is 130 Å². The lowest BCUT2D eigenvalue weighted by molar-refractivity contribution is -0.136. The van der Waals surface area contributed by atoms with Crippen LogP contribution in [0.5, 0.6) is 5.75 Å². The lowest BCUT2D eigenvalue weighted by atomic mass is 9.94. The first-order valence-corrected chi connectivity index (χ1v) is 23.6. The summed E-state index contributed by atoms with van der Waals surface area (Å²) in [7, 11) is -2.56. The molecule has 1 aliphatic carbocycles. The molecule has 16 heteroatoms. The number of fused-ring (bicyclic) bond motifs is 4. The van der Waals surface area contributed by atoms with E-state index in [2.05, 4.69) is 32.2 Å². The van der Waals surface area contributed by atoms with Gasteiger partial charge in [-0.05, 0) is 98.4 Å². The SMILES string of the molecule is C=CCN(C)C(=O)[C@H](NC(=O)[C@H](CC)NC(=O)[C@H](CCCN=C(N)NS(=O)(=O)c1c(C)c(C)c2c(c1C)CC(C)(C)O2)NC(=O)OCC1c2ccccc2-c2ccccc21)c1ccccc1. The highest BCUT2D eigenvalue weighted by Crippen LogP contribution is 2.45. The van der Waals surface area contributed by atoms with Gasteiger partial charge >= 0.3 is 6.09 Å². The quantitative estimate of drug-likeness (QED) is 0.0343. The van der Waals surface area contributed by atoms with E-state index in [-0.39, 0.29) is 61.6 Å². The van der Waals surface area contributed by atoms with Gasteiger partial charge in [0.15, 0.2) is 0 Å². The third-order valence-corrected chi connectivity index (χ3v) is 13.8. The van der Waals surface area contributed by atoms with Crippen molar-refractivity contribution < 1.29 is 37.1 Å². The van der Waals surface area contributed by atoms with Crippen LogP contribution < -0.4 is 31.1 Å². The molecule has 0 unspecified atom stereocenters. The van der Waals surface area contributed by atoms with Gasteiger partial charge in [0.05, 0.1) is 4.90 Å². The van der Waals surface area contributed by atoms with Crippen LogP contribution in [0, 0.1) is 20.8 Å². The van der Waals surface area contributed by atoms with Crippen LogP contribution in [-0.2, 0) is 35.6 Å². The summed E-state index contributed by atoms with van der Waals surface area (Å²) >= 11 is 0. The molecule has 350 valence electrons. The second-order valence-electron chi connectivity index (χ2n) is 17.4. The third-order valence-electron chi connectivity index (χ3n) is 12.2. The molecule has 6 rings (SSSR count). The fraction of sp³-hybridized carbons (Fsp3) is 0.380. The molecule has 15 nitrogen and oxygen atoms in total. The van der Waals surface area contributed by atoms with Crippen molar-refractivity contribution in [2.45, 2.75) is 102 Å². The Hall–Kier alpha value is -6.68. The molecule has 0 saturated carbocycles. The van der Waals surface area contributed by atoms with Crippen molar-refractivity contribution >= 4 is 39.8 Å². The molecule has 3 atom stereocenters. The Morgan fingerprint density at radius 2 is 1.50 bits per heavy atom. The fourth-order valence-corrected chi connectivity index (χ4v) is 10.2. The number of likely N-dealkylation sites (N-methyl/N-ethyl adjacent to an activating group) is 1. The average molecular weight is 920 g/mol. The highest BCUT2D eigenvalue weighted by molar-refractivity contribution is 7.90. The fourth-order valence-electron chi connectivity index (χ4n) is 8.72. The summed E-state index contributed by atoms with van der Waals surface area (Å²) in [5, 5.41) is 8.26. The van der Waals surface area contributed by atoms with Crippen LogP contribution in [-0.4, -0.2) is 87.5 Å². The Morgan fingerprint density at radius 1 is 0.894 bits per heavy atom. The number of aliphatic imine (C=N–C) groups is 1. The monoisotopic (exact) mass is 919 g/mol. The van der Waals surface area contributed by atoms with Gasteiger partial charge in [-0.3, -0.25) is 19.4 Å². The molecule has 0 saturated heterocycles. The first kappa shape index (κ1) is 48.8. The van der Waals surface area contributed by atoms with Crippen LogP contribution in [0.15, 0.2) is 101 Å². The maximum atomic E-state index is 14.1. The second kappa shape index (κ2) is 20.7. The van der Waals surface area contributed by atoms with Gasteiger partial charge in [0.1, 0.15) is 36.1 Å². The lowest BCUT2D eigenvalue weighted by Crippen LogP contribution is -2.55. The topological polar surface area (TPSA) is 211 Å². The zero-order chi connectivity index (χ0) is 47.9. The van der Waals surface area contributed by atoms with Crippen molar-refractivity contribution in [1.29, 1.82) is 0 Å². The van der Waals surface area contributed by atoms with E-state index < -0.39 is 51.7 Å². The Labute approximate surface area is 387 Å². The van der Waals surface area contributed by atoms with Crippen molar-refractivity contribution in [3.8, 4) is 16.9 Å². The summed E-state index contributed by atoms with van der Waals surface area (Å²) in [5.74, 6) is -1.55. The molecular weight excluding hydrogens is 859 g/mol. The lowest BCUT2D eigenvalue weighted by Gasteiger charge is -2.27. The number of ether oxygens (including phenoxy) is 2. The Morgan fingerprint density at radius 3 is 2.12 bits per heavy atom. The van der Waals surface area contributed by atoms with E-state index in [1.165, 1.54) is 4.90 Å². The zero-order valence-corrected chi connectivity index (χ0v) is 39.5. The molecule has 1 heterocycles. The van der Waals surface area contributed by atoms with Crippen molar-refractivity contribution in [3.63, 3.8) is 0 Å². The Balaban J connectivity index is 1.16. The Kier molecular flexibility index (Phi) is 15.3. The smallest absolute Gasteiger partial charge is 0.407 e. The van der Waals surface area contributed by atoms with Gasteiger partial charge in [-0.15, -0.1) is 6.58 Å². The number of hydrogen-bond acceptors (Lipinski definition) is 9. The summed E-state index contributed by atoms with van der Waals surface area (Å²) in [5.41, 5.74) is 13.1. The summed E-state index contributed by atoms with van der Waals surface area (Å²) in [4.78, 5) is 60.8. The number of rotatable bonds is 18. The molecule has 4 amide bonds. The number of benzene rings is 4. The predicted molar refractivity (Wildman–Crippen MR) is 254 cm³/mol. The van der Waals surface area contributed by atoms with Crippen LogP contribution in [0.1, 0.15) is 90.9 Å². The van der Waals surface area contributed by atoms with E-state index in [0.29, 0.717) is 28.9 Å². The van der Waals surface area contributed by atoms with E-state index in [4.69, 9.17) is 15.2 Å². The van der Waals surface area contributed by atoms with Gasteiger partial charge in [-0.25, -0.2) is 17.9 Å². The number of hydrogen-bond donors (Lipinski definition) is 5. The molecule has 0 spiro atoms. The van der Waals surface area contributed by atoms with Gasteiger partial charge in [0.2, 0.25) is 23.7 Å². The molecule has 2 aliphatic rings. The van der Waals surface area contributed by atoms with Gasteiger partial charge < -0.3 is 36.1 Å². The minimum atomic E-state index is -4.17. The minimum absolute atomic E-state index is 0.00214.